The van der Waals surface area contributed by atoms with Crippen LogP contribution in [0.15, 0.2) is 55.1 Å². The van der Waals surface area contributed by atoms with E-state index in [4.69, 9.17) is 23.7 Å². The summed E-state index contributed by atoms with van der Waals surface area (Å²) in [6, 6.07) is 14.8. The van der Waals surface area contributed by atoms with E-state index in [0.717, 1.165) is 63.0 Å². The number of rotatable bonds is 7. The normalized spacial score (nSPS) is 21.7. The third-order valence-corrected chi connectivity index (χ3v) is 7.54. The Hall–Kier alpha value is -3.60. The fourth-order valence-corrected chi connectivity index (χ4v) is 5.52. The van der Waals surface area contributed by atoms with Gasteiger partial charge in [-0.05, 0) is 59.9 Å². The van der Waals surface area contributed by atoms with E-state index in [9.17, 15) is 0 Å². The molecule has 3 aromatic carbocycles. The minimum atomic E-state index is -0.155. The van der Waals surface area contributed by atoms with E-state index in [1.807, 2.05) is 25.1 Å². The lowest BCUT2D eigenvalue weighted by Gasteiger charge is -2.19. The Balaban J connectivity index is 1.51. The van der Waals surface area contributed by atoms with Gasteiger partial charge in [0.25, 0.3) is 0 Å². The molecule has 3 aromatic rings. The van der Waals surface area contributed by atoms with E-state index in [0.29, 0.717) is 0 Å². The molecule has 5 heteroatoms. The largest absolute Gasteiger partial charge is 0.496 e. The third kappa shape index (κ3) is 3.87. The standard InChI is InChI=1S/C31H34O5/c1-8-9-20-12-23-18(3)29(36-30(23)26(13-20)33-6)22-14-24-19(4)28(35-31(24)27(16-22)34-7)21-11-10-17(2)25(15-21)32-5/h8,10-16,18-19,28-29H,1,9H2,2-7H3. The number of hydrogen-bond acceptors (Lipinski definition) is 5. The second-order valence-corrected chi connectivity index (χ2v) is 9.73. The Morgan fingerprint density at radius 2 is 1.31 bits per heavy atom. The van der Waals surface area contributed by atoms with E-state index in [-0.39, 0.29) is 24.0 Å². The van der Waals surface area contributed by atoms with Crippen molar-refractivity contribution in [2.24, 2.45) is 0 Å². The van der Waals surface area contributed by atoms with E-state index < -0.39 is 0 Å². The molecule has 188 valence electrons. The number of ether oxygens (including phenoxy) is 5. The predicted octanol–water partition coefficient (Wildman–Crippen LogP) is 7.22. The van der Waals surface area contributed by atoms with Gasteiger partial charge in [0.05, 0.1) is 21.3 Å². The van der Waals surface area contributed by atoms with Gasteiger partial charge in [0.15, 0.2) is 23.0 Å². The summed E-state index contributed by atoms with van der Waals surface area (Å²) in [4.78, 5) is 0. The lowest BCUT2D eigenvalue weighted by atomic mass is 9.87. The van der Waals surface area contributed by atoms with E-state index >= 15 is 0 Å². The van der Waals surface area contributed by atoms with Crippen LogP contribution in [-0.4, -0.2) is 21.3 Å². The van der Waals surface area contributed by atoms with E-state index in [2.05, 4.69) is 50.8 Å². The third-order valence-electron chi connectivity index (χ3n) is 7.54. The highest BCUT2D eigenvalue weighted by Gasteiger charge is 2.39. The Labute approximate surface area is 213 Å². The lowest BCUT2D eigenvalue weighted by molar-refractivity contribution is 0.205. The number of aryl methyl sites for hydroxylation is 1. The van der Waals surface area contributed by atoms with Crippen molar-refractivity contribution in [2.75, 3.05) is 21.3 Å². The highest BCUT2D eigenvalue weighted by atomic mass is 16.5. The Bertz CT molecular complexity index is 1310. The van der Waals surface area contributed by atoms with Gasteiger partial charge in [0, 0.05) is 23.0 Å². The zero-order valence-corrected chi connectivity index (χ0v) is 21.9. The molecule has 0 amide bonds. The first-order valence-electron chi connectivity index (χ1n) is 12.4. The molecule has 0 fully saturated rings. The summed E-state index contributed by atoms with van der Waals surface area (Å²) in [6.45, 7) is 10.3. The van der Waals surface area contributed by atoms with Crippen molar-refractivity contribution in [3.63, 3.8) is 0 Å². The van der Waals surface area contributed by atoms with E-state index in [1.54, 1.807) is 21.3 Å². The molecule has 4 atom stereocenters. The van der Waals surface area contributed by atoms with Crippen LogP contribution in [0.4, 0.5) is 0 Å². The minimum absolute atomic E-state index is 0.126. The van der Waals surface area contributed by atoms with Crippen LogP contribution in [0.2, 0.25) is 0 Å². The molecule has 2 heterocycles. The molecule has 0 N–H and O–H groups in total. The first-order chi connectivity index (χ1) is 17.4. The SMILES string of the molecule is C=CCc1cc(OC)c2c(c1)C(C)C(c1cc(OC)c3c(c1)C(C)C(c1ccc(C)c(OC)c1)O3)O2. The van der Waals surface area contributed by atoms with Gasteiger partial charge >= 0.3 is 0 Å². The summed E-state index contributed by atoms with van der Waals surface area (Å²) >= 11 is 0. The van der Waals surface area contributed by atoms with Crippen LogP contribution >= 0.6 is 0 Å². The van der Waals surface area contributed by atoms with Crippen molar-refractivity contribution in [3.05, 3.63) is 88.5 Å². The molecule has 2 aliphatic rings. The van der Waals surface area contributed by atoms with Crippen LogP contribution in [-0.2, 0) is 6.42 Å². The number of allylic oxidation sites excluding steroid dienone is 1. The molecule has 0 saturated carbocycles. The van der Waals surface area contributed by atoms with Gasteiger partial charge in [0.1, 0.15) is 18.0 Å². The molecule has 2 aliphatic heterocycles. The molecule has 0 spiro atoms. The molecule has 0 aromatic heterocycles. The summed E-state index contributed by atoms with van der Waals surface area (Å²) in [5.41, 5.74) is 6.70. The highest BCUT2D eigenvalue weighted by Crippen LogP contribution is 2.55. The van der Waals surface area contributed by atoms with Gasteiger partial charge in [-0.25, -0.2) is 0 Å². The van der Waals surface area contributed by atoms with Gasteiger partial charge in [-0.15, -0.1) is 6.58 Å². The van der Waals surface area contributed by atoms with Crippen molar-refractivity contribution < 1.29 is 23.7 Å². The Morgan fingerprint density at radius 3 is 1.92 bits per heavy atom. The summed E-state index contributed by atoms with van der Waals surface area (Å²) in [5, 5.41) is 0. The summed E-state index contributed by atoms with van der Waals surface area (Å²) in [6.07, 6.45) is 2.41. The molecular formula is C31H34O5. The second kappa shape index (κ2) is 9.45. The average molecular weight is 487 g/mol. The monoisotopic (exact) mass is 486 g/mol. The number of fused-ring (bicyclic) bond motifs is 2. The maximum absolute atomic E-state index is 6.55. The topological polar surface area (TPSA) is 46.2 Å². The van der Waals surface area contributed by atoms with Crippen LogP contribution < -0.4 is 23.7 Å². The first-order valence-corrected chi connectivity index (χ1v) is 12.4. The number of benzene rings is 3. The second-order valence-electron chi connectivity index (χ2n) is 9.73. The molecule has 5 rings (SSSR count). The Morgan fingerprint density at radius 1 is 0.750 bits per heavy atom. The van der Waals surface area contributed by atoms with Crippen LogP contribution in [0.5, 0.6) is 28.7 Å². The van der Waals surface area contributed by atoms with Crippen LogP contribution in [0.3, 0.4) is 0 Å². The van der Waals surface area contributed by atoms with Gasteiger partial charge in [0.2, 0.25) is 0 Å². The lowest BCUT2D eigenvalue weighted by Crippen LogP contribution is -2.09. The summed E-state index contributed by atoms with van der Waals surface area (Å²) in [5.74, 6) is 4.25. The minimum Gasteiger partial charge on any atom is -0.496 e. The average Bonchev–Trinajstić information content (AvgIpc) is 3.40. The zero-order valence-electron chi connectivity index (χ0n) is 21.9. The van der Waals surface area contributed by atoms with Crippen LogP contribution in [0.1, 0.15) is 71.3 Å². The summed E-state index contributed by atoms with van der Waals surface area (Å²) in [7, 11) is 5.07. The van der Waals surface area contributed by atoms with Crippen molar-refractivity contribution in [1.82, 2.24) is 0 Å². The maximum Gasteiger partial charge on any atom is 0.165 e. The molecule has 36 heavy (non-hydrogen) atoms. The smallest absolute Gasteiger partial charge is 0.165 e. The molecule has 0 aliphatic carbocycles. The van der Waals surface area contributed by atoms with Crippen molar-refractivity contribution in [1.29, 1.82) is 0 Å². The fraction of sp³-hybridized carbons (Fsp3) is 0.355. The van der Waals surface area contributed by atoms with Gasteiger partial charge in [-0.3, -0.25) is 0 Å². The van der Waals surface area contributed by atoms with Crippen molar-refractivity contribution >= 4 is 0 Å². The molecule has 5 nitrogen and oxygen atoms in total. The molecule has 0 bridgehead atoms. The molecule has 0 radical (unpaired) electrons. The zero-order chi connectivity index (χ0) is 25.6. The molecule has 0 saturated heterocycles. The van der Waals surface area contributed by atoms with Gasteiger partial charge in [-0.1, -0.05) is 38.1 Å². The van der Waals surface area contributed by atoms with Gasteiger partial charge < -0.3 is 23.7 Å². The predicted molar refractivity (Wildman–Crippen MR) is 141 cm³/mol. The Kier molecular flexibility index (Phi) is 6.33. The van der Waals surface area contributed by atoms with Crippen LogP contribution in [0, 0.1) is 6.92 Å². The molecule has 4 unspecified atom stereocenters. The molecular weight excluding hydrogens is 452 g/mol. The van der Waals surface area contributed by atoms with Crippen molar-refractivity contribution in [2.45, 2.75) is 51.2 Å². The van der Waals surface area contributed by atoms with Crippen molar-refractivity contribution in [3.8, 4) is 28.7 Å². The number of hydrogen-bond donors (Lipinski definition) is 0. The van der Waals surface area contributed by atoms with E-state index in [1.165, 1.54) is 5.56 Å². The number of methoxy groups -OCH3 is 3. The summed E-state index contributed by atoms with van der Waals surface area (Å²) < 4.78 is 30.1. The maximum atomic E-state index is 6.55. The quantitative estimate of drug-likeness (QED) is 0.330. The fourth-order valence-electron chi connectivity index (χ4n) is 5.52. The first kappa shape index (κ1) is 24.1. The highest BCUT2D eigenvalue weighted by molar-refractivity contribution is 5.59. The van der Waals surface area contributed by atoms with Crippen LogP contribution in [0.25, 0.3) is 0 Å². The van der Waals surface area contributed by atoms with Gasteiger partial charge in [-0.2, -0.15) is 0 Å².